The van der Waals surface area contributed by atoms with Gasteiger partial charge in [0.2, 0.25) is 5.91 Å². The first-order chi connectivity index (χ1) is 12.3. The number of rotatable bonds is 4. The van der Waals surface area contributed by atoms with Gasteiger partial charge in [-0.05, 0) is 43.0 Å². The number of anilines is 1. The molecule has 4 nitrogen and oxygen atoms in total. The number of nitrogens with zero attached hydrogens (tertiary/aromatic N) is 2. The van der Waals surface area contributed by atoms with E-state index in [-0.39, 0.29) is 5.91 Å². The highest BCUT2D eigenvalue weighted by Gasteiger charge is 2.14. The van der Waals surface area contributed by atoms with Crippen LogP contribution in [0.3, 0.4) is 0 Å². The fraction of sp³-hybridized carbons (Fsp3) is 0.333. The van der Waals surface area contributed by atoms with E-state index >= 15 is 0 Å². The number of benzene rings is 2. The van der Waals surface area contributed by atoms with Crippen LogP contribution in [-0.4, -0.2) is 15.5 Å². The lowest BCUT2D eigenvalue weighted by Crippen LogP contribution is -2.12. The van der Waals surface area contributed by atoms with E-state index in [1.165, 1.54) is 36.2 Å². The maximum absolute atomic E-state index is 12.2. The highest BCUT2D eigenvalue weighted by atomic mass is 16.1. The first-order valence-corrected chi connectivity index (χ1v) is 9.12. The molecule has 1 aliphatic heterocycles. The summed E-state index contributed by atoms with van der Waals surface area (Å²) in [7, 11) is 0. The predicted octanol–water partition coefficient (Wildman–Crippen LogP) is 4.33. The summed E-state index contributed by atoms with van der Waals surface area (Å²) in [6.45, 7) is 1.05. The van der Waals surface area contributed by atoms with Crippen LogP contribution < -0.4 is 5.32 Å². The maximum atomic E-state index is 12.2. The van der Waals surface area contributed by atoms with Gasteiger partial charge < -0.3 is 9.88 Å². The molecule has 0 spiro atoms. The Bertz CT molecular complexity index is 883. The average molecular weight is 333 g/mol. The number of hydrogen-bond acceptors (Lipinski definition) is 2. The van der Waals surface area contributed by atoms with Gasteiger partial charge in [-0.25, -0.2) is 4.98 Å². The summed E-state index contributed by atoms with van der Waals surface area (Å²) in [4.78, 5) is 17.0. The molecule has 0 aliphatic carbocycles. The largest absolute Gasteiger partial charge is 0.328 e. The van der Waals surface area contributed by atoms with E-state index in [1.54, 1.807) is 0 Å². The molecule has 0 atom stereocenters. The van der Waals surface area contributed by atoms with Crippen LogP contribution in [0.1, 0.15) is 37.1 Å². The number of amides is 1. The van der Waals surface area contributed by atoms with Crippen molar-refractivity contribution in [3.63, 3.8) is 0 Å². The number of imidazole rings is 1. The lowest BCUT2D eigenvalue weighted by atomic mass is 10.1. The number of aryl methyl sites for hydroxylation is 3. The molecule has 3 aromatic rings. The van der Waals surface area contributed by atoms with Gasteiger partial charge in [0.25, 0.3) is 0 Å². The van der Waals surface area contributed by atoms with Gasteiger partial charge >= 0.3 is 0 Å². The van der Waals surface area contributed by atoms with Crippen molar-refractivity contribution < 1.29 is 4.79 Å². The molecule has 0 unspecified atom stereocenters. The number of aromatic nitrogens is 2. The molecule has 4 heteroatoms. The molecule has 0 saturated carbocycles. The van der Waals surface area contributed by atoms with Crippen molar-refractivity contribution in [3.05, 3.63) is 59.9 Å². The topological polar surface area (TPSA) is 46.9 Å². The zero-order chi connectivity index (χ0) is 17.1. The molecule has 0 saturated heterocycles. The van der Waals surface area contributed by atoms with Gasteiger partial charge in [0.05, 0.1) is 11.0 Å². The smallest absolute Gasteiger partial charge is 0.224 e. The molecule has 1 N–H and O–H groups in total. The van der Waals surface area contributed by atoms with E-state index in [2.05, 4.69) is 28.1 Å². The summed E-state index contributed by atoms with van der Waals surface area (Å²) in [6, 6.07) is 16.2. The maximum Gasteiger partial charge on any atom is 0.224 e. The molecule has 0 bridgehead atoms. The number of fused-ring (bicyclic) bond motifs is 3. The quantitative estimate of drug-likeness (QED) is 0.772. The second-order valence-corrected chi connectivity index (χ2v) is 6.73. The number of nitrogens with one attached hydrogen (secondary N) is 1. The average Bonchev–Trinajstić information content (AvgIpc) is 2.81. The number of carbonyl (C=O) groups excluding carboxylic acids is 1. The van der Waals surface area contributed by atoms with Crippen molar-refractivity contribution in [1.82, 2.24) is 9.55 Å². The van der Waals surface area contributed by atoms with Crippen LogP contribution in [-0.2, 0) is 24.2 Å². The van der Waals surface area contributed by atoms with E-state index in [0.717, 1.165) is 30.6 Å². The zero-order valence-electron chi connectivity index (χ0n) is 14.4. The SMILES string of the molecule is O=C(CCc1ccccc1)Nc1ccc2c(c1)nc1n2CCCCC1. The Morgan fingerprint density at radius 1 is 1.08 bits per heavy atom. The minimum absolute atomic E-state index is 0.0453. The molecular weight excluding hydrogens is 310 g/mol. The van der Waals surface area contributed by atoms with E-state index in [0.29, 0.717) is 6.42 Å². The Morgan fingerprint density at radius 2 is 1.96 bits per heavy atom. The summed E-state index contributed by atoms with van der Waals surface area (Å²) in [5.74, 6) is 1.23. The van der Waals surface area contributed by atoms with Crippen molar-refractivity contribution in [2.24, 2.45) is 0 Å². The first kappa shape index (κ1) is 15.9. The van der Waals surface area contributed by atoms with Crippen LogP contribution in [0.5, 0.6) is 0 Å². The van der Waals surface area contributed by atoms with Crippen LogP contribution in [0.15, 0.2) is 48.5 Å². The molecule has 4 rings (SSSR count). The van der Waals surface area contributed by atoms with Crippen LogP contribution >= 0.6 is 0 Å². The van der Waals surface area contributed by atoms with Gasteiger partial charge in [-0.1, -0.05) is 36.8 Å². The summed E-state index contributed by atoms with van der Waals surface area (Å²) >= 11 is 0. The molecule has 2 aromatic carbocycles. The van der Waals surface area contributed by atoms with Gasteiger partial charge in [-0.2, -0.15) is 0 Å². The lowest BCUT2D eigenvalue weighted by molar-refractivity contribution is -0.116. The molecule has 25 heavy (non-hydrogen) atoms. The molecule has 2 heterocycles. The second kappa shape index (κ2) is 7.09. The third-order valence-corrected chi connectivity index (χ3v) is 4.88. The minimum Gasteiger partial charge on any atom is -0.328 e. The Labute approximate surface area is 147 Å². The van der Waals surface area contributed by atoms with Gasteiger partial charge in [0, 0.05) is 25.1 Å². The van der Waals surface area contributed by atoms with E-state index < -0.39 is 0 Å². The van der Waals surface area contributed by atoms with Crippen LogP contribution in [0.25, 0.3) is 11.0 Å². The fourth-order valence-corrected chi connectivity index (χ4v) is 3.55. The first-order valence-electron chi connectivity index (χ1n) is 9.12. The monoisotopic (exact) mass is 333 g/mol. The van der Waals surface area contributed by atoms with E-state index in [1.807, 2.05) is 30.3 Å². The standard InChI is InChI=1S/C21H23N3O/c25-21(13-10-16-7-3-1-4-8-16)22-17-11-12-19-18(15-17)23-20-9-5-2-6-14-24(19)20/h1,3-4,7-8,11-12,15H,2,5-6,9-10,13-14H2,(H,22,25). The van der Waals surface area contributed by atoms with Crippen LogP contribution in [0.2, 0.25) is 0 Å². The van der Waals surface area contributed by atoms with Gasteiger partial charge in [0.1, 0.15) is 5.82 Å². The normalized spacial score (nSPS) is 14.1. The third kappa shape index (κ3) is 3.58. The molecule has 1 aromatic heterocycles. The van der Waals surface area contributed by atoms with Gasteiger partial charge in [-0.3, -0.25) is 4.79 Å². The molecule has 128 valence electrons. The van der Waals surface area contributed by atoms with E-state index in [4.69, 9.17) is 4.98 Å². The van der Waals surface area contributed by atoms with Crippen molar-refractivity contribution in [2.45, 2.75) is 45.1 Å². The summed E-state index contributed by atoms with van der Waals surface area (Å²) in [5, 5.41) is 3.01. The van der Waals surface area contributed by atoms with Crippen molar-refractivity contribution >= 4 is 22.6 Å². The molecule has 0 fully saturated rings. The lowest BCUT2D eigenvalue weighted by Gasteiger charge is -2.07. The molecule has 1 amide bonds. The Kier molecular flexibility index (Phi) is 4.51. The van der Waals surface area contributed by atoms with Gasteiger partial charge in [0.15, 0.2) is 0 Å². The number of hydrogen-bond donors (Lipinski definition) is 1. The summed E-state index contributed by atoms with van der Waals surface area (Å²) in [5.41, 5.74) is 4.18. The Morgan fingerprint density at radius 3 is 2.84 bits per heavy atom. The van der Waals surface area contributed by atoms with Crippen molar-refractivity contribution in [3.8, 4) is 0 Å². The Hall–Kier alpha value is -2.62. The van der Waals surface area contributed by atoms with Crippen LogP contribution in [0.4, 0.5) is 5.69 Å². The minimum atomic E-state index is 0.0453. The highest BCUT2D eigenvalue weighted by Crippen LogP contribution is 2.24. The van der Waals surface area contributed by atoms with Crippen LogP contribution in [0, 0.1) is 0 Å². The van der Waals surface area contributed by atoms with Crippen molar-refractivity contribution in [2.75, 3.05) is 5.32 Å². The third-order valence-electron chi connectivity index (χ3n) is 4.88. The van der Waals surface area contributed by atoms with Crippen molar-refractivity contribution in [1.29, 1.82) is 0 Å². The van der Waals surface area contributed by atoms with E-state index in [9.17, 15) is 4.79 Å². The number of carbonyl (C=O) groups is 1. The fourth-order valence-electron chi connectivity index (χ4n) is 3.55. The molecule has 0 radical (unpaired) electrons. The highest BCUT2D eigenvalue weighted by molar-refractivity contribution is 5.93. The summed E-state index contributed by atoms with van der Waals surface area (Å²) in [6.07, 6.45) is 6.01. The predicted molar refractivity (Wildman–Crippen MR) is 101 cm³/mol. The van der Waals surface area contributed by atoms with Gasteiger partial charge in [-0.15, -0.1) is 0 Å². The Balaban J connectivity index is 1.45. The summed E-state index contributed by atoms with van der Waals surface area (Å²) < 4.78 is 2.34. The zero-order valence-corrected chi connectivity index (χ0v) is 14.4. The molecular formula is C21H23N3O. The second-order valence-electron chi connectivity index (χ2n) is 6.73. The molecule has 1 aliphatic rings.